The van der Waals surface area contributed by atoms with E-state index >= 15 is 0 Å². The SMILES string of the molecule is CCCCCCCC/C=C\CCCCCCCCCCCC(=O)OCCCCCCCCCCCCCCCCCCCCCCCCCCCCC(=O)NC(CO)C(O)CCCCCCCCCCCCCCCCCCCCCCC. The summed E-state index contributed by atoms with van der Waals surface area (Å²) in [5, 5.41) is 23.4. The Morgan fingerprint density at radius 2 is 0.566 bits per heavy atom. The molecule has 0 bridgehead atoms. The van der Waals surface area contributed by atoms with Crippen LogP contribution in [0, 0.1) is 0 Å². The standard InChI is InChI=1S/C77H151NO5/c1-3-5-7-9-11-13-15-17-19-21-23-30-34-37-41-45-49-53-57-61-65-69-75(80)74(73-79)78-76(81)70-66-62-58-54-50-46-42-38-35-31-28-26-24-25-27-29-32-36-40-44-48-52-56-60-64-68-72-83-77(82)71-67-63-59-55-51-47-43-39-33-22-20-18-16-14-12-10-8-6-4-2/h18,20,74-75,79-80H,3-17,19,21-73H2,1-2H3,(H,78,81)/b20-18-. The molecular weight excluding hydrogens is 1020 g/mol. The minimum absolute atomic E-state index is 0.0183. The highest BCUT2D eigenvalue weighted by atomic mass is 16.5. The van der Waals surface area contributed by atoms with Gasteiger partial charge in [0.25, 0.3) is 0 Å². The van der Waals surface area contributed by atoms with Crippen molar-refractivity contribution >= 4 is 11.9 Å². The minimum Gasteiger partial charge on any atom is -0.466 e. The highest BCUT2D eigenvalue weighted by Crippen LogP contribution is 2.20. The Labute approximate surface area is 520 Å². The molecule has 0 saturated heterocycles. The lowest BCUT2D eigenvalue weighted by Gasteiger charge is -2.22. The molecule has 0 aliphatic heterocycles. The molecule has 0 aliphatic rings. The van der Waals surface area contributed by atoms with E-state index in [2.05, 4.69) is 31.3 Å². The van der Waals surface area contributed by atoms with Crippen molar-refractivity contribution in [2.45, 2.75) is 456 Å². The van der Waals surface area contributed by atoms with Gasteiger partial charge in [0.1, 0.15) is 0 Å². The number of nitrogens with one attached hydrogen (secondary N) is 1. The van der Waals surface area contributed by atoms with Crippen molar-refractivity contribution in [1.29, 1.82) is 0 Å². The van der Waals surface area contributed by atoms with Crippen LogP contribution < -0.4 is 5.32 Å². The Hall–Kier alpha value is -1.40. The second-order valence-electron chi connectivity index (χ2n) is 26.7. The third kappa shape index (κ3) is 69.6. The van der Waals surface area contributed by atoms with Crippen LogP contribution in [-0.4, -0.2) is 47.4 Å². The van der Waals surface area contributed by atoms with E-state index in [4.69, 9.17) is 4.74 Å². The predicted octanol–water partition coefficient (Wildman–Crippen LogP) is 25.1. The third-order valence-corrected chi connectivity index (χ3v) is 18.3. The summed E-state index contributed by atoms with van der Waals surface area (Å²) >= 11 is 0. The first kappa shape index (κ1) is 81.6. The lowest BCUT2D eigenvalue weighted by molar-refractivity contribution is -0.143. The molecule has 3 N–H and O–H groups in total. The molecule has 2 atom stereocenters. The molecule has 0 fully saturated rings. The maximum atomic E-state index is 12.6. The van der Waals surface area contributed by atoms with E-state index < -0.39 is 12.1 Å². The molecule has 0 radical (unpaired) electrons. The number of carbonyl (C=O) groups excluding carboxylic acids is 2. The van der Waals surface area contributed by atoms with E-state index in [1.165, 1.54) is 372 Å². The number of aliphatic hydroxyl groups is 2. The Morgan fingerprint density at radius 1 is 0.325 bits per heavy atom. The van der Waals surface area contributed by atoms with E-state index in [0.29, 0.717) is 25.9 Å². The molecule has 0 aromatic rings. The monoisotopic (exact) mass is 1170 g/mol. The summed E-state index contributed by atoms with van der Waals surface area (Å²) in [7, 11) is 0. The molecular formula is C77H151NO5. The van der Waals surface area contributed by atoms with Gasteiger partial charge in [-0.2, -0.15) is 0 Å². The summed E-state index contributed by atoms with van der Waals surface area (Å²) in [5.41, 5.74) is 0. The fourth-order valence-electron chi connectivity index (χ4n) is 12.5. The van der Waals surface area contributed by atoms with Crippen molar-refractivity contribution in [3.63, 3.8) is 0 Å². The second-order valence-corrected chi connectivity index (χ2v) is 26.7. The van der Waals surface area contributed by atoms with Crippen LogP contribution in [0.25, 0.3) is 0 Å². The highest BCUT2D eigenvalue weighted by molar-refractivity contribution is 5.76. The molecule has 0 heterocycles. The van der Waals surface area contributed by atoms with E-state index in [1.807, 2.05) is 0 Å². The number of hydrogen-bond acceptors (Lipinski definition) is 5. The summed E-state index contributed by atoms with van der Waals surface area (Å²) in [6, 6.07) is -0.540. The van der Waals surface area contributed by atoms with Crippen LogP contribution in [0.15, 0.2) is 12.2 Å². The minimum atomic E-state index is -0.663. The van der Waals surface area contributed by atoms with E-state index in [9.17, 15) is 19.8 Å². The zero-order valence-corrected chi connectivity index (χ0v) is 56.7. The van der Waals surface area contributed by atoms with Crippen LogP contribution in [-0.2, 0) is 14.3 Å². The molecule has 0 spiro atoms. The molecule has 0 aromatic carbocycles. The Bertz CT molecular complexity index is 1260. The molecule has 0 saturated carbocycles. The van der Waals surface area contributed by atoms with Gasteiger partial charge in [0.15, 0.2) is 0 Å². The molecule has 494 valence electrons. The first-order valence-corrected chi connectivity index (χ1v) is 38.4. The molecule has 6 nitrogen and oxygen atoms in total. The fourth-order valence-corrected chi connectivity index (χ4v) is 12.5. The average molecular weight is 1170 g/mol. The number of amides is 1. The van der Waals surface area contributed by atoms with Crippen molar-refractivity contribution in [3.05, 3.63) is 12.2 Å². The number of aliphatic hydroxyl groups excluding tert-OH is 2. The van der Waals surface area contributed by atoms with Crippen molar-refractivity contribution in [2.24, 2.45) is 0 Å². The van der Waals surface area contributed by atoms with Crippen molar-refractivity contribution in [1.82, 2.24) is 5.32 Å². The summed E-state index contributed by atoms with van der Waals surface area (Å²) in [4.78, 5) is 24.7. The van der Waals surface area contributed by atoms with E-state index in [0.717, 1.165) is 38.5 Å². The van der Waals surface area contributed by atoms with Gasteiger partial charge in [-0.05, 0) is 51.4 Å². The van der Waals surface area contributed by atoms with Gasteiger partial charge >= 0.3 is 5.97 Å². The Morgan fingerprint density at radius 3 is 0.855 bits per heavy atom. The van der Waals surface area contributed by atoms with Gasteiger partial charge < -0.3 is 20.3 Å². The van der Waals surface area contributed by atoms with Gasteiger partial charge in [-0.3, -0.25) is 9.59 Å². The van der Waals surface area contributed by atoms with Crippen molar-refractivity contribution < 1.29 is 24.5 Å². The number of rotatable bonds is 73. The van der Waals surface area contributed by atoms with Gasteiger partial charge in [-0.15, -0.1) is 0 Å². The zero-order valence-electron chi connectivity index (χ0n) is 56.7. The molecule has 2 unspecified atom stereocenters. The van der Waals surface area contributed by atoms with E-state index in [-0.39, 0.29) is 18.5 Å². The zero-order chi connectivity index (χ0) is 59.9. The number of esters is 1. The number of hydrogen-bond donors (Lipinski definition) is 3. The summed E-state index contributed by atoms with van der Waals surface area (Å²) in [6.45, 7) is 5.00. The van der Waals surface area contributed by atoms with Crippen LogP contribution in [0.3, 0.4) is 0 Å². The van der Waals surface area contributed by atoms with Gasteiger partial charge in [-0.25, -0.2) is 0 Å². The molecule has 0 aromatic heterocycles. The fraction of sp³-hybridized carbons (Fsp3) is 0.948. The number of ether oxygens (including phenoxy) is 1. The van der Waals surface area contributed by atoms with Crippen molar-refractivity contribution in [2.75, 3.05) is 13.2 Å². The van der Waals surface area contributed by atoms with Gasteiger partial charge in [0.05, 0.1) is 25.4 Å². The van der Waals surface area contributed by atoms with E-state index in [1.54, 1.807) is 0 Å². The first-order chi connectivity index (χ1) is 41.0. The van der Waals surface area contributed by atoms with Gasteiger partial charge in [-0.1, -0.05) is 392 Å². The van der Waals surface area contributed by atoms with Gasteiger partial charge in [0.2, 0.25) is 5.91 Å². The third-order valence-electron chi connectivity index (χ3n) is 18.3. The lowest BCUT2D eigenvalue weighted by Crippen LogP contribution is -2.45. The van der Waals surface area contributed by atoms with Gasteiger partial charge in [0, 0.05) is 12.8 Å². The number of unbranched alkanes of at least 4 members (excludes halogenated alkanes) is 60. The quantitative estimate of drug-likeness (QED) is 0.0320. The Balaban J connectivity index is 3.34. The van der Waals surface area contributed by atoms with Crippen LogP contribution in [0.5, 0.6) is 0 Å². The summed E-state index contributed by atoms with van der Waals surface area (Å²) < 4.78 is 5.52. The Kier molecular flexibility index (Phi) is 71.8. The van der Waals surface area contributed by atoms with Crippen LogP contribution in [0.4, 0.5) is 0 Å². The first-order valence-electron chi connectivity index (χ1n) is 38.4. The number of allylic oxidation sites excluding steroid dienone is 2. The average Bonchev–Trinajstić information content (AvgIpc) is 3.49. The molecule has 83 heavy (non-hydrogen) atoms. The maximum absolute atomic E-state index is 12.6. The molecule has 0 rings (SSSR count). The molecule has 1 amide bonds. The van der Waals surface area contributed by atoms with Crippen LogP contribution >= 0.6 is 0 Å². The maximum Gasteiger partial charge on any atom is 0.305 e. The smallest absolute Gasteiger partial charge is 0.305 e. The lowest BCUT2D eigenvalue weighted by atomic mass is 10.0. The summed E-state index contributed by atoms with van der Waals surface area (Å²) in [5.74, 6) is -0.00892. The number of carbonyl (C=O) groups is 2. The summed E-state index contributed by atoms with van der Waals surface area (Å²) in [6.07, 6.45) is 91.4. The molecule has 0 aliphatic carbocycles. The van der Waals surface area contributed by atoms with Crippen molar-refractivity contribution in [3.8, 4) is 0 Å². The van der Waals surface area contributed by atoms with Crippen LogP contribution in [0.1, 0.15) is 444 Å². The van der Waals surface area contributed by atoms with Crippen LogP contribution in [0.2, 0.25) is 0 Å². The highest BCUT2D eigenvalue weighted by Gasteiger charge is 2.20. The topological polar surface area (TPSA) is 95.9 Å². The molecule has 6 heteroatoms. The predicted molar refractivity (Wildman–Crippen MR) is 366 cm³/mol. The largest absolute Gasteiger partial charge is 0.466 e. The normalized spacial score (nSPS) is 12.5. The second kappa shape index (κ2) is 73.1.